The van der Waals surface area contributed by atoms with E-state index in [9.17, 15) is 8.42 Å². The van der Waals surface area contributed by atoms with Crippen molar-refractivity contribution in [3.63, 3.8) is 0 Å². The van der Waals surface area contributed by atoms with Crippen LogP contribution >= 0.6 is 11.6 Å². The van der Waals surface area contributed by atoms with Crippen LogP contribution in [0.2, 0.25) is 5.02 Å². The maximum absolute atomic E-state index is 11.6. The Hall–Kier alpha value is -0.980. The second-order valence-electron chi connectivity index (χ2n) is 3.74. The predicted molar refractivity (Wildman–Crippen MR) is 64.6 cm³/mol. The smallest absolute Gasteiger partial charge is 0.299 e. The van der Waals surface area contributed by atoms with Crippen molar-refractivity contribution >= 4 is 33.2 Å². The normalized spacial score (nSPS) is 16.1. The van der Waals surface area contributed by atoms with Crippen LogP contribution in [0, 0.1) is 0 Å². The third-order valence-corrected chi connectivity index (χ3v) is 3.60. The molecule has 0 spiro atoms. The molecule has 16 heavy (non-hydrogen) atoms. The van der Waals surface area contributed by atoms with E-state index in [0.29, 0.717) is 10.7 Å². The first kappa shape index (κ1) is 11.5. The second-order valence-corrected chi connectivity index (χ2v) is 5.59. The van der Waals surface area contributed by atoms with Crippen LogP contribution in [0.5, 0.6) is 0 Å². The first-order chi connectivity index (χ1) is 7.46. The van der Waals surface area contributed by atoms with Gasteiger partial charge in [-0.25, -0.2) is 0 Å². The lowest BCUT2D eigenvalue weighted by Gasteiger charge is -2.10. The van der Waals surface area contributed by atoms with Gasteiger partial charge in [-0.1, -0.05) is 11.6 Å². The van der Waals surface area contributed by atoms with E-state index in [2.05, 4.69) is 9.44 Å². The molecule has 0 atom stereocenters. The van der Waals surface area contributed by atoms with Crippen LogP contribution in [0.25, 0.3) is 0 Å². The van der Waals surface area contributed by atoms with Crippen LogP contribution in [-0.4, -0.2) is 14.5 Å². The summed E-state index contributed by atoms with van der Waals surface area (Å²) in [5, 5.41) is 0.315. The van der Waals surface area contributed by atoms with Crippen molar-refractivity contribution in [3.05, 3.63) is 23.2 Å². The summed E-state index contributed by atoms with van der Waals surface area (Å²) < 4.78 is 28.0. The van der Waals surface area contributed by atoms with Crippen LogP contribution in [-0.2, 0) is 10.2 Å². The average Bonchev–Trinajstić information content (AvgIpc) is 2.94. The highest BCUT2D eigenvalue weighted by Gasteiger charge is 2.27. The highest BCUT2D eigenvalue weighted by molar-refractivity contribution is 7.90. The van der Waals surface area contributed by atoms with Gasteiger partial charge in [-0.3, -0.25) is 4.72 Å². The fourth-order valence-corrected chi connectivity index (χ4v) is 2.63. The first-order valence-corrected chi connectivity index (χ1v) is 6.67. The Morgan fingerprint density at radius 1 is 1.38 bits per heavy atom. The third-order valence-electron chi connectivity index (χ3n) is 2.13. The van der Waals surface area contributed by atoms with Crippen LogP contribution in [0.3, 0.4) is 0 Å². The van der Waals surface area contributed by atoms with E-state index < -0.39 is 10.2 Å². The Labute approximate surface area is 99.2 Å². The largest absolute Gasteiger partial charge is 0.399 e. The molecule has 88 valence electrons. The quantitative estimate of drug-likeness (QED) is 0.715. The van der Waals surface area contributed by atoms with Crippen molar-refractivity contribution < 1.29 is 8.42 Å². The van der Waals surface area contributed by atoms with Gasteiger partial charge >= 0.3 is 0 Å². The Morgan fingerprint density at radius 3 is 2.69 bits per heavy atom. The number of hydrogen-bond donors (Lipinski definition) is 3. The van der Waals surface area contributed by atoms with Gasteiger partial charge in [-0.15, -0.1) is 0 Å². The number of nitrogen functional groups attached to an aromatic ring is 1. The van der Waals surface area contributed by atoms with Crippen molar-refractivity contribution in [1.82, 2.24) is 4.72 Å². The molecule has 1 fully saturated rings. The van der Waals surface area contributed by atoms with Crippen molar-refractivity contribution in [2.45, 2.75) is 18.9 Å². The number of hydrogen-bond acceptors (Lipinski definition) is 3. The number of halogens is 1. The summed E-state index contributed by atoms with van der Waals surface area (Å²) in [7, 11) is -3.55. The molecule has 2 rings (SSSR count). The molecule has 4 N–H and O–H groups in total. The number of nitrogens with two attached hydrogens (primary N) is 1. The maximum Gasteiger partial charge on any atom is 0.299 e. The Kier molecular flexibility index (Phi) is 2.96. The fraction of sp³-hybridized carbons (Fsp3) is 0.333. The minimum Gasteiger partial charge on any atom is -0.399 e. The maximum atomic E-state index is 11.6. The number of benzene rings is 1. The predicted octanol–water partition coefficient (Wildman–Crippen LogP) is 1.33. The molecule has 0 amide bonds. The molecule has 0 bridgehead atoms. The molecule has 1 aliphatic rings. The van der Waals surface area contributed by atoms with Gasteiger partial charge in [0.25, 0.3) is 10.2 Å². The Bertz CT molecular complexity index is 499. The van der Waals surface area contributed by atoms with Gasteiger partial charge in [0.1, 0.15) is 0 Å². The van der Waals surface area contributed by atoms with E-state index in [1.165, 1.54) is 6.07 Å². The molecule has 0 aromatic heterocycles. The van der Waals surface area contributed by atoms with E-state index >= 15 is 0 Å². The molecule has 0 aliphatic heterocycles. The number of rotatable bonds is 4. The fourth-order valence-electron chi connectivity index (χ4n) is 1.22. The van der Waals surface area contributed by atoms with Gasteiger partial charge in [0.05, 0.1) is 10.7 Å². The number of anilines is 2. The molecule has 1 aliphatic carbocycles. The minimum absolute atomic E-state index is 0.0531. The Morgan fingerprint density at radius 2 is 2.06 bits per heavy atom. The molecular weight excluding hydrogens is 250 g/mol. The molecule has 0 saturated heterocycles. The summed E-state index contributed by atoms with van der Waals surface area (Å²) in [6.07, 6.45) is 1.76. The van der Waals surface area contributed by atoms with E-state index in [-0.39, 0.29) is 11.7 Å². The zero-order valence-corrected chi connectivity index (χ0v) is 9.98. The molecular formula is C9H12ClN3O2S. The van der Waals surface area contributed by atoms with Crippen molar-refractivity contribution in [2.75, 3.05) is 10.5 Å². The zero-order chi connectivity index (χ0) is 11.8. The lowest BCUT2D eigenvalue weighted by molar-refractivity contribution is 0.586. The molecule has 0 radical (unpaired) electrons. The average molecular weight is 262 g/mol. The summed E-state index contributed by atoms with van der Waals surface area (Å²) in [6.45, 7) is 0. The minimum atomic E-state index is -3.55. The summed E-state index contributed by atoms with van der Waals surface area (Å²) in [4.78, 5) is 0. The summed E-state index contributed by atoms with van der Waals surface area (Å²) >= 11 is 5.84. The molecule has 0 heterocycles. The SMILES string of the molecule is Nc1ccc(Cl)c(NS(=O)(=O)NC2CC2)c1. The van der Waals surface area contributed by atoms with E-state index in [1.807, 2.05) is 0 Å². The molecule has 0 unspecified atom stereocenters. The highest BCUT2D eigenvalue weighted by atomic mass is 35.5. The molecule has 1 aromatic rings. The van der Waals surface area contributed by atoms with Crippen LogP contribution < -0.4 is 15.2 Å². The monoisotopic (exact) mass is 261 g/mol. The first-order valence-electron chi connectivity index (χ1n) is 4.81. The summed E-state index contributed by atoms with van der Waals surface area (Å²) in [5.41, 5.74) is 6.29. The van der Waals surface area contributed by atoms with Crippen molar-refractivity contribution in [3.8, 4) is 0 Å². The molecule has 7 heteroatoms. The van der Waals surface area contributed by atoms with E-state index in [1.54, 1.807) is 12.1 Å². The number of nitrogens with one attached hydrogen (secondary N) is 2. The second kappa shape index (κ2) is 4.12. The van der Waals surface area contributed by atoms with Crippen LogP contribution in [0.1, 0.15) is 12.8 Å². The topological polar surface area (TPSA) is 84.2 Å². The van der Waals surface area contributed by atoms with Crippen LogP contribution in [0.4, 0.5) is 11.4 Å². The lowest BCUT2D eigenvalue weighted by atomic mass is 10.3. The van der Waals surface area contributed by atoms with Gasteiger partial charge in [-0.05, 0) is 31.0 Å². The van der Waals surface area contributed by atoms with Gasteiger partial charge in [0.2, 0.25) is 0 Å². The molecule has 1 saturated carbocycles. The van der Waals surface area contributed by atoms with Crippen molar-refractivity contribution in [1.29, 1.82) is 0 Å². The summed E-state index contributed by atoms with van der Waals surface area (Å²) in [5.74, 6) is 0. The van der Waals surface area contributed by atoms with Gasteiger partial charge in [0, 0.05) is 11.7 Å². The van der Waals surface area contributed by atoms with Gasteiger partial charge < -0.3 is 5.73 Å². The van der Waals surface area contributed by atoms with E-state index in [0.717, 1.165) is 12.8 Å². The summed E-state index contributed by atoms with van der Waals surface area (Å²) in [6, 6.07) is 4.69. The standard InChI is InChI=1S/C9H12ClN3O2S/c10-8-4-1-6(11)5-9(8)13-16(14,15)12-7-2-3-7/h1,4-5,7,12-13H,2-3,11H2. The molecule has 5 nitrogen and oxygen atoms in total. The van der Waals surface area contributed by atoms with Crippen LogP contribution in [0.15, 0.2) is 18.2 Å². The molecule has 1 aromatic carbocycles. The Balaban J connectivity index is 2.15. The zero-order valence-electron chi connectivity index (χ0n) is 8.40. The van der Waals surface area contributed by atoms with Gasteiger partial charge in [0.15, 0.2) is 0 Å². The van der Waals surface area contributed by atoms with Crippen molar-refractivity contribution in [2.24, 2.45) is 0 Å². The third kappa shape index (κ3) is 3.01. The highest BCUT2D eigenvalue weighted by Crippen LogP contribution is 2.26. The van der Waals surface area contributed by atoms with E-state index in [4.69, 9.17) is 17.3 Å². The van der Waals surface area contributed by atoms with Gasteiger partial charge in [-0.2, -0.15) is 13.1 Å². The lowest BCUT2D eigenvalue weighted by Crippen LogP contribution is -2.31.